The monoisotopic (exact) mass is 803 g/mol. The van der Waals surface area contributed by atoms with Crippen molar-refractivity contribution in [3.63, 3.8) is 0 Å². The van der Waals surface area contributed by atoms with Crippen LogP contribution in [0, 0.1) is 17.5 Å². The van der Waals surface area contributed by atoms with E-state index >= 15 is 0 Å². The van der Waals surface area contributed by atoms with Gasteiger partial charge in [-0.3, -0.25) is 14.4 Å². The number of allylic oxidation sites excluding steroid dienone is 2. The predicted octanol–water partition coefficient (Wildman–Crippen LogP) is 5.44. The Labute approximate surface area is 298 Å². The third-order valence-electron chi connectivity index (χ3n) is 7.99. The summed E-state index contributed by atoms with van der Waals surface area (Å²) in [5.41, 5.74) is 17.7. The number of nitrogens with two attached hydrogens (primary N) is 2. The maximum absolute atomic E-state index is 13.2. The molecule has 6 N–H and O–H groups in total. The van der Waals surface area contributed by atoms with Gasteiger partial charge < -0.3 is 26.6 Å². The molecule has 0 bridgehead atoms. The lowest BCUT2D eigenvalue weighted by Gasteiger charge is -2.09. The second-order valence-corrected chi connectivity index (χ2v) is 13.2. The molecule has 0 aliphatic heterocycles. The van der Waals surface area contributed by atoms with Gasteiger partial charge in [0.1, 0.15) is 17.5 Å². The van der Waals surface area contributed by atoms with Crippen LogP contribution in [-0.4, -0.2) is 54.0 Å². The molecule has 0 aromatic heterocycles. The molecule has 3 atom stereocenters. The Balaban J connectivity index is 0.000000166. The Hall–Kier alpha value is -4.04. The van der Waals surface area contributed by atoms with Gasteiger partial charge in [0.2, 0.25) is 17.7 Å². The highest BCUT2D eigenvalue weighted by atomic mass is 79.9. The number of nitrogens with one attached hydrogen (secondary N) is 1. The summed E-state index contributed by atoms with van der Waals surface area (Å²) >= 11 is 6.95. The minimum absolute atomic E-state index is 0.0219. The lowest BCUT2D eigenvalue weighted by atomic mass is 10.1. The molecular weight excluding hydrogens is 771 g/mol. The molecule has 0 spiro atoms. The number of aliphatic hydroxyl groups excluding tert-OH is 1. The van der Waals surface area contributed by atoms with Gasteiger partial charge in [0.15, 0.2) is 0 Å². The summed E-state index contributed by atoms with van der Waals surface area (Å²) in [4.78, 5) is 33.2. The molecule has 3 aliphatic rings. The molecule has 0 saturated heterocycles. The van der Waals surface area contributed by atoms with Gasteiger partial charge >= 0.3 is 0 Å². The van der Waals surface area contributed by atoms with Crippen molar-refractivity contribution in [1.29, 1.82) is 0 Å². The van der Waals surface area contributed by atoms with Crippen LogP contribution in [0.2, 0.25) is 0 Å². The van der Waals surface area contributed by atoms with E-state index in [1.54, 1.807) is 25.3 Å². The zero-order valence-electron chi connectivity index (χ0n) is 26.3. The van der Waals surface area contributed by atoms with Crippen LogP contribution in [0.1, 0.15) is 44.6 Å². The first-order valence-corrected chi connectivity index (χ1v) is 17.0. The normalized spacial score (nSPS) is 20.9. The number of primary amides is 2. The molecular formula is C36H34Br2F3N3O5. The number of carbonyl (C=O) groups excluding carboxylic acids is 3. The number of aryl methyl sites for hydroxylation is 1. The van der Waals surface area contributed by atoms with Crippen LogP contribution in [0.3, 0.4) is 0 Å². The van der Waals surface area contributed by atoms with E-state index in [0.29, 0.717) is 23.1 Å². The highest BCUT2D eigenvalue weighted by Crippen LogP contribution is 2.48. The van der Waals surface area contributed by atoms with Gasteiger partial charge in [0.05, 0.1) is 22.4 Å². The Morgan fingerprint density at radius 2 is 1.39 bits per heavy atom. The molecule has 0 radical (unpaired) electrons. The van der Waals surface area contributed by atoms with Gasteiger partial charge in [-0.1, -0.05) is 50.1 Å². The summed E-state index contributed by atoms with van der Waals surface area (Å²) < 4.78 is 44.6. The van der Waals surface area contributed by atoms with E-state index in [4.69, 9.17) is 21.3 Å². The summed E-state index contributed by atoms with van der Waals surface area (Å²) in [7, 11) is 1.56. The fourth-order valence-corrected chi connectivity index (χ4v) is 7.16. The molecule has 8 nitrogen and oxygen atoms in total. The number of halogens is 5. The number of aliphatic hydroxyl groups is 1. The highest BCUT2D eigenvalue weighted by Gasteiger charge is 2.33. The maximum atomic E-state index is 13.2. The van der Waals surface area contributed by atoms with Crippen LogP contribution in [0.15, 0.2) is 72.8 Å². The molecule has 0 saturated carbocycles. The number of rotatable bonds is 6. The number of alkyl halides is 2. The number of hydrogen-bond acceptors (Lipinski definition) is 5. The van der Waals surface area contributed by atoms with E-state index in [1.165, 1.54) is 54.6 Å². The summed E-state index contributed by atoms with van der Waals surface area (Å²) in [6.45, 7) is 0.152. The van der Waals surface area contributed by atoms with E-state index in [1.807, 2.05) is 0 Å². The first-order chi connectivity index (χ1) is 23.3. The Morgan fingerprint density at radius 1 is 0.816 bits per heavy atom. The van der Waals surface area contributed by atoms with Crippen LogP contribution in [-0.2, 0) is 32.0 Å². The second-order valence-electron chi connectivity index (χ2n) is 11.3. The first-order valence-electron chi connectivity index (χ1n) is 15.1. The molecule has 258 valence electrons. The van der Waals surface area contributed by atoms with Gasteiger partial charge in [-0.05, 0) is 99.3 Å². The van der Waals surface area contributed by atoms with E-state index in [2.05, 4.69) is 37.2 Å². The minimum Gasteiger partial charge on any atom is -0.395 e. The summed E-state index contributed by atoms with van der Waals surface area (Å²) in [6, 6.07) is 13.7. The van der Waals surface area contributed by atoms with Crippen molar-refractivity contribution in [2.75, 3.05) is 20.3 Å². The van der Waals surface area contributed by atoms with Crippen molar-refractivity contribution >= 4 is 66.3 Å². The second kappa shape index (κ2) is 17.1. The lowest BCUT2D eigenvalue weighted by molar-refractivity contribution is -0.116. The van der Waals surface area contributed by atoms with E-state index in [9.17, 15) is 27.6 Å². The van der Waals surface area contributed by atoms with E-state index < -0.39 is 11.8 Å². The summed E-state index contributed by atoms with van der Waals surface area (Å²) in [5.74, 6) is -2.26. The number of benzene rings is 3. The number of fused-ring (bicyclic) bond motifs is 3. The largest absolute Gasteiger partial charge is 0.395 e. The van der Waals surface area contributed by atoms with Crippen molar-refractivity contribution < 1.29 is 37.4 Å². The molecule has 3 amide bonds. The van der Waals surface area contributed by atoms with Crippen LogP contribution in [0.25, 0.3) is 16.7 Å². The van der Waals surface area contributed by atoms with Crippen molar-refractivity contribution in [3.8, 4) is 0 Å². The van der Waals surface area contributed by atoms with Crippen LogP contribution in [0.5, 0.6) is 0 Å². The highest BCUT2D eigenvalue weighted by molar-refractivity contribution is 9.12. The zero-order valence-corrected chi connectivity index (χ0v) is 29.5. The van der Waals surface area contributed by atoms with Crippen LogP contribution < -0.4 is 16.8 Å². The van der Waals surface area contributed by atoms with E-state index in [0.717, 1.165) is 46.2 Å². The molecule has 49 heavy (non-hydrogen) atoms. The number of hydrogen-bond donors (Lipinski definition) is 4. The molecule has 3 unspecified atom stereocenters. The topological polar surface area (TPSA) is 145 Å². The van der Waals surface area contributed by atoms with Crippen molar-refractivity contribution in [2.24, 2.45) is 11.5 Å². The number of amides is 3. The number of carbonyl (C=O) groups is 3. The number of ether oxygens (including phenoxy) is 1. The van der Waals surface area contributed by atoms with Gasteiger partial charge in [0.25, 0.3) is 0 Å². The van der Waals surface area contributed by atoms with Gasteiger partial charge in [-0.15, -0.1) is 0 Å². The van der Waals surface area contributed by atoms with Crippen molar-refractivity contribution in [1.82, 2.24) is 5.32 Å². The molecule has 13 heteroatoms. The molecule has 0 fully saturated rings. The fraction of sp³-hybridized carbons (Fsp3) is 0.250. The maximum Gasteiger partial charge on any atom is 0.244 e. The zero-order chi connectivity index (χ0) is 35.8. The molecule has 3 aliphatic carbocycles. The molecule has 6 rings (SSSR count). The number of methoxy groups -OCH3 is 1. The summed E-state index contributed by atoms with van der Waals surface area (Å²) in [5, 5.41) is 11.1. The quantitative estimate of drug-likeness (QED) is 0.194. The fourth-order valence-electron chi connectivity index (χ4n) is 5.81. The Bertz CT molecular complexity index is 1820. The first kappa shape index (κ1) is 37.8. The summed E-state index contributed by atoms with van der Waals surface area (Å²) in [6.07, 6.45) is 6.15. The SMILES string of the molecule is COC1Cc2ccc(F)cc2/C1=C/C(N)=O.NC(=O)/C=C1/c2cc(F)ccc2C(Br)C1Br.O=C(/C=C1\CCc2ccc(F)cc21)NCCO. The third-order valence-corrected chi connectivity index (χ3v) is 10.7. The van der Waals surface area contributed by atoms with Crippen LogP contribution in [0.4, 0.5) is 13.2 Å². The van der Waals surface area contributed by atoms with Crippen LogP contribution >= 0.6 is 31.9 Å². The molecule has 3 aromatic carbocycles. The lowest BCUT2D eigenvalue weighted by Crippen LogP contribution is -2.24. The Morgan fingerprint density at radius 3 is 2.00 bits per heavy atom. The molecule has 0 heterocycles. The minimum atomic E-state index is -0.547. The van der Waals surface area contributed by atoms with Crippen molar-refractivity contribution in [2.45, 2.75) is 35.0 Å². The predicted molar refractivity (Wildman–Crippen MR) is 189 cm³/mol. The van der Waals surface area contributed by atoms with Gasteiger partial charge in [-0.2, -0.15) is 0 Å². The smallest absolute Gasteiger partial charge is 0.244 e. The van der Waals surface area contributed by atoms with Gasteiger partial charge in [-0.25, -0.2) is 13.2 Å². The average Bonchev–Trinajstić information content (AvgIpc) is 3.68. The van der Waals surface area contributed by atoms with Crippen molar-refractivity contribution in [3.05, 3.63) is 124 Å². The molecule has 3 aromatic rings. The third kappa shape index (κ3) is 9.56. The van der Waals surface area contributed by atoms with E-state index in [-0.39, 0.29) is 52.3 Å². The standard InChI is InChI=1S/C13H14FNO2.C12H12FNO2.C11H8Br2FNO/c14-11-4-3-9-1-2-10(12(9)8-11)7-13(17)15-5-6-16;1-16-11-4-7-2-3-8(13)5-9(7)10(11)6-12(14)15;12-10-6-2-1-5(14)3-7(6)8(11(10)13)4-9(15)16/h3-4,7-8,16H,1-2,5-6H2,(H,15,17);2-3,5-6,11H,4H2,1H3,(H2,14,15);1-4,10-11H,(H2,15,16)/b10-7+;10-6-;8-4-. The average molecular weight is 805 g/mol. The Kier molecular flexibility index (Phi) is 13.2. The van der Waals surface area contributed by atoms with Gasteiger partial charge in [0, 0.05) is 38.3 Å².